The van der Waals surface area contributed by atoms with E-state index in [1.807, 2.05) is 0 Å². The van der Waals surface area contributed by atoms with Crippen molar-refractivity contribution >= 4 is 0 Å². The second-order valence-electron chi connectivity index (χ2n) is 14.1. The number of benzene rings is 4. The summed E-state index contributed by atoms with van der Waals surface area (Å²) >= 11 is 0. The van der Waals surface area contributed by atoms with Crippen LogP contribution in [0.5, 0.6) is 0 Å². The van der Waals surface area contributed by atoms with E-state index < -0.39 is 0 Å². The standard InChI is InChI=1S/C42H52N4/c1-2-6-40-39(5-1)43-27-35-17-9-31(10-18-35)25-33-13-21-37(22-14-33)29-45-41-7-3-4-8-42(41)46-30-38-23-15-34(16-24-38)26-32-11-19-36(20-12-32)28-44-40/h9-24,39-46H,1-8,25-30H2/t39-,40-,41-,42-/m1/s1. The van der Waals surface area contributed by atoms with Crippen LogP contribution in [-0.2, 0) is 39.0 Å². The fraction of sp³-hybridized carbons (Fsp3) is 0.429. The van der Waals surface area contributed by atoms with E-state index in [0.717, 1.165) is 39.0 Å². The Balaban J connectivity index is 1.06. The molecule has 10 aliphatic heterocycles. The molecule has 8 bridgehead atoms. The Labute approximate surface area is 276 Å². The Hall–Kier alpha value is -3.28. The second kappa shape index (κ2) is 15.5. The fourth-order valence-electron chi connectivity index (χ4n) is 7.81. The van der Waals surface area contributed by atoms with Gasteiger partial charge in [-0.1, -0.05) is 123 Å². The fourth-order valence-corrected chi connectivity index (χ4v) is 7.81. The van der Waals surface area contributed by atoms with E-state index >= 15 is 0 Å². The zero-order chi connectivity index (χ0) is 31.0. The minimum Gasteiger partial charge on any atom is -0.308 e. The van der Waals surface area contributed by atoms with Crippen molar-refractivity contribution in [2.24, 2.45) is 0 Å². The first-order valence-electron chi connectivity index (χ1n) is 18.0. The van der Waals surface area contributed by atoms with Crippen LogP contribution in [0.25, 0.3) is 0 Å². The molecule has 0 aromatic heterocycles. The van der Waals surface area contributed by atoms with Crippen molar-refractivity contribution in [3.05, 3.63) is 142 Å². The van der Waals surface area contributed by atoms with Gasteiger partial charge in [0.15, 0.2) is 0 Å². The summed E-state index contributed by atoms with van der Waals surface area (Å²) in [4.78, 5) is 0. The van der Waals surface area contributed by atoms with Gasteiger partial charge in [0.1, 0.15) is 0 Å². The molecule has 2 fully saturated rings. The van der Waals surface area contributed by atoms with Crippen LogP contribution in [0.2, 0.25) is 0 Å². The molecular formula is C42H52N4. The molecule has 4 heteroatoms. The van der Waals surface area contributed by atoms with Gasteiger partial charge < -0.3 is 21.3 Å². The molecule has 2 saturated carbocycles. The van der Waals surface area contributed by atoms with Gasteiger partial charge in [-0.2, -0.15) is 0 Å². The van der Waals surface area contributed by atoms with Crippen LogP contribution in [0.3, 0.4) is 0 Å². The molecule has 240 valence electrons. The highest BCUT2D eigenvalue weighted by atomic mass is 15.0. The molecule has 12 aliphatic rings. The maximum absolute atomic E-state index is 3.91. The van der Waals surface area contributed by atoms with Crippen molar-refractivity contribution in [3.8, 4) is 0 Å². The van der Waals surface area contributed by atoms with E-state index in [4.69, 9.17) is 0 Å². The first-order chi connectivity index (χ1) is 22.7. The van der Waals surface area contributed by atoms with Crippen molar-refractivity contribution in [2.75, 3.05) is 0 Å². The molecule has 0 saturated heterocycles. The molecule has 0 unspecified atom stereocenters. The molecule has 4 nitrogen and oxygen atoms in total. The predicted molar refractivity (Wildman–Crippen MR) is 191 cm³/mol. The molecule has 10 heterocycles. The third-order valence-electron chi connectivity index (χ3n) is 10.7. The minimum absolute atomic E-state index is 0.517. The average Bonchev–Trinajstić information content (AvgIpc) is 3.11. The summed E-state index contributed by atoms with van der Waals surface area (Å²) in [7, 11) is 0. The van der Waals surface area contributed by atoms with Crippen LogP contribution >= 0.6 is 0 Å². The third-order valence-corrected chi connectivity index (χ3v) is 10.7. The maximum atomic E-state index is 3.91. The Morgan fingerprint density at radius 2 is 0.478 bits per heavy atom. The number of hydrogen-bond acceptors (Lipinski definition) is 4. The minimum atomic E-state index is 0.517. The maximum Gasteiger partial charge on any atom is 0.0224 e. The van der Waals surface area contributed by atoms with Crippen molar-refractivity contribution in [3.63, 3.8) is 0 Å². The highest BCUT2D eigenvalue weighted by molar-refractivity contribution is 5.32. The van der Waals surface area contributed by atoms with Crippen LogP contribution in [0.1, 0.15) is 95.9 Å². The molecule has 46 heavy (non-hydrogen) atoms. The van der Waals surface area contributed by atoms with Gasteiger partial charge in [-0.15, -0.1) is 0 Å². The number of rotatable bonds is 0. The summed E-state index contributed by atoms with van der Waals surface area (Å²) in [6, 6.07) is 39.1. The Kier molecular flexibility index (Phi) is 10.6. The zero-order valence-electron chi connectivity index (χ0n) is 27.4. The van der Waals surface area contributed by atoms with Crippen molar-refractivity contribution < 1.29 is 0 Å². The van der Waals surface area contributed by atoms with Crippen molar-refractivity contribution in [1.82, 2.24) is 21.3 Å². The molecule has 4 N–H and O–H groups in total. The zero-order valence-corrected chi connectivity index (χ0v) is 27.4. The predicted octanol–water partition coefficient (Wildman–Crippen LogP) is 7.56. The summed E-state index contributed by atoms with van der Waals surface area (Å²) in [5.74, 6) is 0. The van der Waals surface area contributed by atoms with E-state index in [1.54, 1.807) is 0 Å². The molecule has 2 aliphatic carbocycles. The molecule has 4 aromatic rings. The van der Waals surface area contributed by atoms with Crippen molar-refractivity contribution in [1.29, 1.82) is 0 Å². The van der Waals surface area contributed by atoms with Gasteiger partial charge in [0.25, 0.3) is 0 Å². The van der Waals surface area contributed by atoms with Gasteiger partial charge >= 0.3 is 0 Å². The lowest BCUT2D eigenvalue weighted by atomic mass is 9.89. The highest BCUT2D eigenvalue weighted by Crippen LogP contribution is 2.22. The van der Waals surface area contributed by atoms with Gasteiger partial charge in [0, 0.05) is 50.3 Å². The van der Waals surface area contributed by atoms with E-state index in [1.165, 1.54) is 95.9 Å². The van der Waals surface area contributed by atoms with Crippen molar-refractivity contribution in [2.45, 2.75) is 115 Å². The molecule has 4 atom stereocenters. The SMILES string of the molecule is c1cc2ccc1CN[C@@H]1CCCC[C@H]1NCc1ccc(cc1)Cc1ccc(cc1)CN[C@@H]1CCCC[C@H]1NCc1ccc(cc1)C2. The Morgan fingerprint density at radius 3 is 0.696 bits per heavy atom. The lowest BCUT2D eigenvalue weighted by molar-refractivity contribution is 0.281. The first kappa shape index (κ1) is 31.3. The lowest BCUT2D eigenvalue weighted by Gasteiger charge is -2.33. The largest absolute Gasteiger partial charge is 0.308 e. The van der Waals surface area contributed by atoms with Gasteiger partial charge in [-0.3, -0.25) is 0 Å². The Bertz CT molecular complexity index is 1260. The number of nitrogens with one attached hydrogen (secondary N) is 4. The van der Waals surface area contributed by atoms with E-state index in [9.17, 15) is 0 Å². The topological polar surface area (TPSA) is 48.1 Å². The number of hydrogen-bond donors (Lipinski definition) is 4. The quantitative estimate of drug-likeness (QED) is 0.166. The van der Waals surface area contributed by atoms with Gasteiger partial charge in [-0.05, 0) is 83.0 Å². The molecule has 0 radical (unpaired) electrons. The monoisotopic (exact) mass is 612 g/mol. The molecule has 16 rings (SSSR count). The summed E-state index contributed by atoms with van der Waals surface area (Å²) in [6.45, 7) is 3.71. The smallest absolute Gasteiger partial charge is 0.0224 e. The average molecular weight is 613 g/mol. The van der Waals surface area contributed by atoms with Crippen LogP contribution in [0.15, 0.2) is 97.1 Å². The summed E-state index contributed by atoms with van der Waals surface area (Å²) in [5, 5.41) is 15.6. The van der Waals surface area contributed by atoms with E-state index in [-0.39, 0.29) is 0 Å². The Morgan fingerprint density at radius 1 is 0.283 bits per heavy atom. The first-order valence-corrected chi connectivity index (χ1v) is 18.0. The van der Waals surface area contributed by atoms with Gasteiger partial charge in [0.05, 0.1) is 0 Å². The third kappa shape index (κ3) is 8.54. The van der Waals surface area contributed by atoms with Crippen LogP contribution in [0, 0.1) is 0 Å². The normalized spacial score (nSPS) is 24.7. The molecular weight excluding hydrogens is 560 g/mol. The summed E-state index contributed by atoms with van der Waals surface area (Å²) in [6.07, 6.45) is 12.2. The summed E-state index contributed by atoms with van der Waals surface area (Å²) < 4.78 is 0. The highest BCUT2D eigenvalue weighted by Gasteiger charge is 2.25. The van der Waals surface area contributed by atoms with Gasteiger partial charge in [0.2, 0.25) is 0 Å². The molecule has 4 aromatic carbocycles. The van der Waals surface area contributed by atoms with Crippen LogP contribution < -0.4 is 21.3 Å². The summed E-state index contributed by atoms with van der Waals surface area (Å²) in [5.41, 5.74) is 11.0. The molecule has 0 amide bonds. The lowest BCUT2D eigenvalue weighted by Crippen LogP contribution is -2.49. The second-order valence-corrected chi connectivity index (χ2v) is 14.1. The van der Waals surface area contributed by atoms with E-state index in [0.29, 0.717) is 24.2 Å². The van der Waals surface area contributed by atoms with E-state index in [2.05, 4.69) is 118 Å². The molecule has 0 spiro atoms. The van der Waals surface area contributed by atoms with Gasteiger partial charge in [-0.25, -0.2) is 0 Å². The van der Waals surface area contributed by atoms with Crippen LogP contribution in [-0.4, -0.2) is 24.2 Å². The van der Waals surface area contributed by atoms with Crippen LogP contribution in [0.4, 0.5) is 0 Å².